The lowest BCUT2D eigenvalue weighted by molar-refractivity contribution is 0.337. The lowest BCUT2D eigenvalue weighted by atomic mass is 10.0. The lowest BCUT2D eigenvalue weighted by Gasteiger charge is -2.13. The summed E-state index contributed by atoms with van der Waals surface area (Å²) in [6, 6.07) is 3.44. The van der Waals surface area contributed by atoms with Gasteiger partial charge in [0.15, 0.2) is 11.5 Å². The maximum absolute atomic E-state index is 10.0. The maximum Gasteiger partial charge on any atom is 0.221 e. The van der Waals surface area contributed by atoms with Crippen LogP contribution in [0.5, 0.6) is 17.2 Å². The van der Waals surface area contributed by atoms with Crippen molar-refractivity contribution in [2.75, 3.05) is 25.7 Å². The van der Waals surface area contributed by atoms with Crippen LogP contribution in [-0.2, 0) is 6.42 Å². The Morgan fingerprint density at radius 1 is 1.15 bits per heavy atom. The summed E-state index contributed by atoms with van der Waals surface area (Å²) in [5, 5.41) is 10.0. The minimum Gasteiger partial charge on any atom is -0.502 e. The first-order valence-electron chi connectivity index (χ1n) is 5.86. The van der Waals surface area contributed by atoms with Gasteiger partial charge in [0.2, 0.25) is 11.7 Å². The molecule has 0 saturated heterocycles. The second-order valence-corrected chi connectivity index (χ2v) is 4.12. The van der Waals surface area contributed by atoms with E-state index < -0.39 is 0 Å². The molecular formula is C13H16N4O3. The topological polar surface area (TPSA) is 117 Å². The summed E-state index contributed by atoms with van der Waals surface area (Å²) in [6.45, 7) is 0. The normalized spacial score (nSPS) is 10.3. The van der Waals surface area contributed by atoms with Crippen molar-refractivity contribution in [2.45, 2.75) is 6.42 Å². The first-order valence-corrected chi connectivity index (χ1v) is 5.86. The van der Waals surface area contributed by atoms with Gasteiger partial charge in [-0.3, -0.25) is 0 Å². The molecule has 5 N–H and O–H groups in total. The number of phenols is 1. The van der Waals surface area contributed by atoms with E-state index in [0.29, 0.717) is 29.3 Å². The van der Waals surface area contributed by atoms with Gasteiger partial charge in [-0.15, -0.1) is 0 Å². The average Bonchev–Trinajstić information content (AvgIpc) is 2.42. The number of aromatic hydroxyl groups is 1. The van der Waals surface area contributed by atoms with Crippen molar-refractivity contribution in [1.29, 1.82) is 0 Å². The Kier molecular flexibility index (Phi) is 3.79. The van der Waals surface area contributed by atoms with Crippen molar-refractivity contribution >= 4 is 11.8 Å². The summed E-state index contributed by atoms with van der Waals surface area (Å²) in [6.07, 6.45) is 1.96. The first-order chi connectivity index (χ1) is 9.56. The predicted molar refractivity (Wildman–Crippen MR) is 74.9 cm³/mol. The van der Waals surface area contributed by atoms with Crippen molar-refractivity contribution in [2.24, 2.45) is 0 Å². The number of ether oxygens (including phenoxy) is 2. The van der Waals surface area contributed by atoms with E-state index in [1.165, 1.54) is 14.2 Å². The van der Waals surface area contributed by atoms with E-state index in [9.17, 15) is 5.11 Å². The summed E-state index contributed by atoms with van der Waals surface area (Å²) < 4.78 is 10.3. The molecule has 1 aromatic carbocycles. The van der Waals surface area contributed by atoms with E-state index in [0.717, 1.165) is 5.56 Å². The van der Waals surface area contributed by atoms with E-state index in [2.05, 4.69) is 9.97 Å². The Labute approximate surface area is 116 Å². The van der Waals surface area contributed by atoms with Crippen molar-refractivity contribution in [3.05, 3.63) is 29.5 Å². The molecule has 7 nitrogen and oxygen atoms in total. The molecule has 0 unspecified atom stereocenters. The van der Waals surface area contributed by atoms with Gasteiger partial charge < -0.3 is 26.0 Å². The Balaban J connectivity index is 2.40. The molecule has 20 heavy (non-hydrogen) atoms. The second-order valence-electron chi connectivity index (χ2n) is 4.12. The number of hydrogen-bond acceptors (Lipinski definition) is 7. The Bertz CT molecular complexity index is 631. The van der Waals surface area contributed by atoms with Crippen LogP contribution in [0.2, 0.25) is 0 Å². The number of nitrogen functional groups attached to an aromatic ring is 2. The molecule has 7 heteroatoms. The maximum atomic E-state index is 10.0. The second kappa shape index (κ2) is 5.52. The average molecular weight is 276 g/mol. The van der Waals surface area contributed by atoms with Gasteiger partial charge in [0.05, 0.1) is 14.2 Å². The third-order valence-corrected chi connectivity index (χ3v) is 2.90. The van der Waals surface area contributed by atoms with E-state index >= 15 is 0 Å². The predicted octanol–water partition coefficient (Wildman–Crippen LogP) is 0.955. The third-order valence-electron chi connectivity index (χ3n) is 2.90. The first kappa shape index (κ1) is 13.7. The highest BCUT2D eigenvalue weighted by molar-refractivity contribution is 5.57. The van der Waals surface area contributed by atoms with Gasteiger partial charge in [0.25, 0.3) is 0 Å². The van der Waals surface area contributed by atoms with E-state index in [1.54, 1.807) is 18.3 Å². The highest BCUT2D eigenvalue weighted by atomic mass is 16.5. The fourth-order valence-corrected chi connectivity index (χ4v) is 1.90. The van der Waals surface area contributed by atoms with Crippen molar-refractivity contribution in [1.82, 2.24) is 9.97 Å². The van der Waals surface area contributed by atoms with Crippen LogP contribution in [0.1, 0.15) is 11.1 Å². The number of benzene rings is 1. The van der Waals surface area contributed by atoms with Crippen LogP contribution in [0, 0.1) is 0 Å². The largest absolute Gasteiger partial charge is 0.502 e. The van der Waals surface area contributed by atoms with Gasteiger partial charge in [-0.05, 0) is 6.07 Å². The van der Waals surface area contributed by atoms with Gasteiger partial charge in [-0.2, -0.15) is 4.98 Å². The van der Waals surface area contributed by atoms with Gasteiger partial charge in [0, 0.05) is 23.7 Å². The minimum atomic E-state index is -0.0533. The summed E-state index contributed by atoms with van der Waals surface area (Å²) >= 11 is 0. The quantitative estimate of drug-likeness (QED) is 0.761. The number of aromatic nitrogens is 2. The summed E-state index contributed by atoms with van der Waals surface area (Å²) in [5.74, 6) is 1.04. The van der Waals surface area contributed by atoms with Crippen molar-refractivity contribution in [3.63, 3.8) is 0 Å². The lowest BCUT2D eigenvalue weighted by Crippen LogP contribution is -2.05. The molecule has 0 radical (unpaired) electrons. The number of phenolic OH excluding ortho intramolecular Hbond substituents is 1. The number of nitrogens with two attached hydrogens (primary N) is 2. The molecule has 0 fully saturated rings. The zero-order chi connectivity index (χ0) is 14.7. The van der Waals surface area contributed by atoms with Gasteiger partial charge in [-0.1, -0.05) is 6.07 Å². The van der Waals surface area contributed by atoms with Gasteiger partial charge in [0.1, 0.15) is 5.82 Å². The zero-order valence-corrected chi connectivity index (χ0v) is 11.3. The fraction of sp³-hybridized carbons (Fsp3) is 0.231. The fourth-order valence-electron chi connectivity index (χ4n) is 1.90. The number of anilines is 2. The van der Waals surface area contributed by atoms with Crippen LogP contribution in [0.3, 0.4) is 0 Å². The van der Waals surface area contributed by atoms with Crippen LogP contribution < -0.4 is 20.9 Å². The van der Waals surface area contributed by atoms with E-state index in [1.807, 2.05) is 0 Å². The molecule has 0 atom stereocenters. The standard InChI is InChI=1S/C13H16N4O3/c1-19-9-4-3-7(11(20-2)10(9)18)5-8-6-16-13(15)17-12(8)14/h3-4,6,18H,5H2,1-2H3,(H4,14,15,16,17). The number of rotatable bonds is 4. The number of methoxy groups -OCH3 is 2. The molecule has 0 aliphatic carbocycles. The molecule has 2 aromatic rings. The van der Waals surface area contributed by atoms with E-state index in [-0.39, 0.29) is 11.7 Å². The van der Waals surface area contributed by atoms with Crippen LogP contribution in [-0.4, -0.2) is 29.3 Å². The van der Waals surface area contributed by atoms with Crippen LogP contribution in [0.4, 0.5) is 11.8 Å². The molecule has 0 aliphatic rings. The highest BCUT2D eigenvalue weighted by Crippen LogP contribution is 2.39. The molecule has 2 rings (SSSR count). The van der Waals surface area contributed by atoms with Crippen molar-refractivity contribution in [3.8, 4) is 17.2 Å². The summed E-state index contributed by atoms with van der Waals surface area (Å²) in [5.41, 5.74) is 12.7. The SMILES string of the molecule is COc1ccc(Cc2cnc(N)nc2N)c(OC)c1O. The molecule has 0 spiro atoms. The molecule has 1 heterocycles. The molecule has 0 amide bonds. The summed E-state index contributed by atoms with van der Waals surface area (Å²) in [4.78, 5) is 7.80. The Morgan fingerprint density at radius 3 is 2.50 bits per heavy atom. The molecule has 1 aromatic heterocycles. The zero-order valence-electron chi connectivity index (χ0n) is 11.3. The smallest absolute Gasteiger partial charge is 0.221 e. The van der Waals surface area contributed by atoms with Crippen molar-refractivity contribution < 1.29 is 14.6 Å². The van der Waals surface area contributed by atoms with E-state index in [4.69, 9.17) is 20.9 Å². The molecule has 0 saturated carbocycles. The highest BCUT2D eigenvalue weighted by Gasteiger charge is 2.15. The Morgan fingerprint density at radius 2 is 1.90 bits per heavy atom. The summed E-state index contributed by atoms with van der Waals surface area (Å²) in [7, 11) is 2.95. The van der Waals surface area contributed by atoms with Gasteiger partial charge in [-0.25, -0.2) is 4.98 Å². The number of hydrogen-bond donors (Lipinski definition) is 3. The van der Waals surface area contributed by atoms with Gasteiger partial charge >= 0.3 is 0 Å². The van der Waals surface area contributed by atoms with Crippen LogP contribution in [0.15, 0.2) is 18.3 Å². The molecule has 106 valence electrons. The third kappa shape index (κ3) is 2.51. The monoisotopic (exact) mass is 276 g/mol. The number of nitrogens with zero attached hydrogens (tertiary/aromatic N) is 2. The molecule has 0 bridgehead atoms. The molecular weight excluding hydrogens is 260 g/mol. The minimum absolute atomic E-state index is 0.0533. The van der Waals surface area contributed by atoms with Crippen LogP contribution in [0.25, 0.3) is 0 Å². The Hall–Kier alpha value is -2.70. The molecule has 0 aliphatic heterocycles. The van der Waals surface area contributed by atoms with Crippen LogP contribution >= 0.6 is 0 Å².